The molecule has 1 aliphatic heterocycles. The Labute approximate surface area is 178 Å². The van der Waals surface area contributed by atoms with Gasteiger partial charge in [0.2, 0.25) is 0 Å². The molecule has 1 heterocycles. The Morgan fingerprint density at radius 3 is 2.28 bits per heavy atom. The van der Waals surface area contributed by atoms with Crippen molar-refractivity contribution in [3.05, 3.63) is 41.0 Å². The largest absolute Gasteiger partial charge is 0.395 e. The molecule has 0 bridgehead atoms. The Balaban J connectivity index is 0.000000237. The fourth-order valence-corrected chi connectivity index (χ4v) is 4.46. The molecule has 0 amide bonds. The fourth-order valence-electron chi connectivity index (χ4n) is 4.46. The van der Waals surface area contributed by atoms with Crippen molar-refractivity contribution in [2.24, 2.45) is 4.99 Å². The highest BCUT2D eigenvalue weighted by molar-refractivity contribution is 5.94. The number of aliphatic hydroxyl groups is 1. The Hall–Kier alpha value is -1.45. The fraction of sp³-hybridized carbons (Fsp3) is 0.654. The molecular formula is C26H42N2O. The van der Waals surface area contributed by atoms with Crippen LogP contribution in [0.3, 0.4) is 0 Å². The van der Waals surface area contributed by atoms with E-state index in [-0.39, 0.29) is 6.61 Å². The second-order valence-electron chi connectivity index (χ2n) is 8.82. The van der Waals surface area contributed by atoms with E-state index < -0.39 is 0 Å². The standard InChI is InChI=1S/C17H21N.C9H21NO/c1-11-4-5-12(2)16-10-14(7-8-15(11)16)17-9-6-13(3)18-17;1-3-5-9(6-4-2)10-7-8-11/h7-12H,4-6H2,1-3H3;9-11H,3-8H2,1-2H3. The van der Waals surface area contributed by atoms with Gasteiger partial charge in [0.1, 0.15) is 0 Å². The number of rotatable bonds is 8. The van der Waals surface area contributed by atoms with E-state index in [1.165, 1.54) is 55.5 Å². The van der Waals surface area contributed by atoms with Gasteiger partial charge in [-0.3, -0.25) is 4.99 Å². The van der Waals surface area contributed by atoms with Gasteiger partial charge in [-0.1, -0.05) is 58.7 Å². The first-order valence-corrected chi connectivity index (χ1v) is 11.7. The van der Waals surface area contributed by atoms with E-state index in [1.54, 1.807) is 11.1 Å². The third kappa shape index (κ3) is 7.08. The third-order valence-electron chi connectivity index (χ3n) is 6.20. The molecule has 0 radical (unpaired) electrons. The molecule has 3 heteroatoms. The molecule has 0 aromatic heterocycles. The topological polar surface area (TPSA) is 44.6 Å². The van der Waals surface area contributed by atoms with E-state index in [9.17, 15) is 0 Å². The minimum Gasteiger partial charge on any atom is -0.395 e. The molecule has 1 aromatic rings. The molecule has 2 N–H and O–H groups in total. The summed E-state index contributed by atoms with van der Waals surface area (Å²) < 4.78 is 0. The summed E-state index contributed by atoms with van der Waals surface area (Å²) in [5, 5.41) is 11.9. The molecule has 29 heavy (non-hydrogen) atoms. The maximum atomic E-state index is 8.59. The number of benzene rings is 1. The molecule has 1 aromatic carbocycles. The van der Waals surface area contributed by atoms with Gasteiger partial charge in [0, 0.05) is 30.3 Å². The van der Waals surface area contributed by atoms with Gasteiger partial charge in [-0.2, -0.15) is 0 Å². The molecular weight excluding hydrogens is 356 g/mol. The maximum Gasteiger partial charge on any atom is 0.0665 e. The number of hydrogen-bond donors (Lipinski definition) is 2. The highest BCUT2D eigenvalue weighted by Crippen LogP contribution is 2.39. The van der Waals surface area contributed by atoms with Crippen molar-refractivity contribution in [2.75, 3.05) is 13.2 Å². The SMILES string of the molecule is CC1=NC(c2ccc3c(c2)C(C)CCC3C)=CC1.CCCC(CCC)NCCO. The number of nitrogens with zero attached hydrogens (tertiary/aromatic N) is 1. The summed E-state index contributed by atoms with van der Waals surface area (Å²) >= 11 is 0. The molecule has 0 saturated heterocycles. The average molecular weight is 399 g/mol. The normalized spacial score (nSPS) is 20.7. The summed E-state index contributed by atoms with van der Waals surface area (Å²) in [5.41, 5.74) is 6.79. The van der Waals surface area contributed by atoms with Crippen LogP contribution in [-0.4, -0.2) is 30.0 Å². The Bertz CT molecular complexity index is 686. The Kier molecular flexibility index (Phi) is 10.1. The molecule has 3 rings (SSSR count). The average Bonchev–Trinajstić information content (AvgIpc) is 3.16. The number of hydrogen-bond acceptors (Lipinski definition) is 3. The summed E-state index contributed by atoms with van der Waals surface area (Å²) in [5.74, 6) is 1.41. The first kappa shape index (κ1) is 23.8. The number of aliphatic hydroxyl groups excluding tert-OH is 1. The molecule has 2 atom stereocenters. The van der Waals surface area contributed by atoms with Gasteiger partial charge in [0.05, 0.1) is 12.3 Å². The van der Waals surface area contributed by atoms with Crippen molar-refractivity contribution in [1.29, 1.82) is 0 Å². The second-order valence-corrected chi connectivity index (χ2v) is 8.82. The summed E-state index contributed by atoms with van der Waals surface area (Å²) in [6, 6.07) is 7.58. The van der Waals surface area contributed by atoms with Crippen molar-refractivity contribution < 1.29 is 5.11 Å². The smallest absolute Gasteiger partial charge is 0.0665 e. The minimum absolute atomic E-state index is 0.254. The van der Waals surface area contributed by atoms with Crippen molar-refractivity contribution in [1.82, 2.24) is 5.32 Å². The van der Waals surface area contributed by atoms with Gasteiger partial charge in [0.15, 0.2) is 0 Å². The highest BCUT2D eigenvalue weighted by Gasteiger charge is 2.22. The van der Waals surface area contributed by atoms with E-state index in [2.05, 4.69) is 69.2 Å². The van der Waals surface area contributed by atoms with Crippen LogP contribution in [0.25, 0.3) is 5.70 Å². The van der Waals surface area contributed by atoms with E-state index in [4.69, 9.17) is 5.11 Å². The highest BCUT2D eigenvalue weighted by atomic mass is 16.3. The minimum atomic E-state index is 0.254. The first-order valence-electron chi connectivity index (χ1n) is 11.7. The van der Waals surface area contributed by atoms with Crippen molar-refractivity contribution in [3.8, 4) is 0 Å². The first-order chi connectivity index (χ1) is 14.0. The zero-order valence-electron chi connectivity index (χ0n) is 19.3. The van der Waals surface area contributed by atoms with Gasteiger partial charge in [-0.05, 0) is 61.6 Å². The lowest BCUT2D eigenvalue weighted by Crippen LogP contribution is -2.31. The number of nitrogens with one attached hydrogen (secondary N) is 1. The van der Waals surface area contributed by atoms with Crippen LogP contribution in [0.4, 0.5) is 0 Å². The third-order valence-corrected chi connectivity index (χ3v) is 6.20. The monoisotopic (exact) mass is 398 g/mol. The summed E-state index contributed by atoms with van der Waals surface area (Å²) in [6.45, 7) is 12.2. The van der Waals surface area contributed by atoms with E-state index in [0.717, 1.165) is 13.0 Å². The molecule has 3 nitrogen and oxygen atoms in total. The van der Waals surface area contributed by atoms with Crippen LogP contribution >= 0.6 is 0 Å². The molecule has 0 fully saturated rings. The number of aliphatic imine (C=N–C) groups is 1. The number of fused-ring (bicyclic) bond motifs is 1. The van der Waals surface area contributed by atoms with Gasteiger partial charge >= 0.3 is 0 Å². The van der Waals surface area contributed by atoms with Crippen molar-refractivity contribution in [2.45, 2.75) is 97.4 Å². The van der Waals surface area contributed by atoms with Crippen molar-refractivity contribution >= 4 is 11.4 Å². The molecule has 162 valence electrons. The van der Waals surface area contributed by atoms with Gasteiger partial charge in [-0.15, -0.1) is 0 Å². The van der Waals surface area contributed by atoms with Crippen LogP contribution in [0.2, 0.25) is 0 Å². The molecule has 0 saturated carbocycles. The van der Waals surface area contributed by atoms with Crippen LogP contribution in [0.15, 0.2) is 29.3 Å². The zero-order chi connectivity index (χ0) is 21.2. The van der Waals surface area contributed by atoms with E-state index in [1.807, 2.05) is 0 Å². The second kappa shape index (κ2) is 12.3. The Morgan fingerprint density at radius 2 is 1.72 bits per heavy atom. The molecule has 1 aliphatic carbocycles. The van der Waals surface area contributed by atoms with E-state index >= 15 is 0 Å². The van der Waals surface area contributed by atoms with Crippen LogP contribution in [0, 0.1) is 0 Å². The predicted molar refractivity (Wildman–Crippen MR) is 127 cm³/mol. The lowest BCUT2D eigenvalue weighted by Gasteiger charge is -2.28. The van der Waals surface area contributed by atoms with Crippen LogP contribution in [-0.2, 0) is 0 Å². The van der Waals surface area contributed by atoms with Crippen LogP contribution in [0.5, 0.6) is 0 Å². The van der Waals surface area contributed by atoms with Gasteiger partial charge in [0.25, 0.3) is 0 Å². The Morgan fingerprint density at radius 1 is 1.07 bits per heavy atom. The lowest BCUT2D eigenvalue weighted by atomic mass is 9.77. The maximum absolute atomic E-state index is 8.59. The van der Waals surface area contributed by atoms with Crippen LogP contribution in [0.1, 0.15) is 108 Å². The molecule has 2 aliphatic rings. The van der Waals surface area contributed by atoms with Gasteiger partial charge < -0.3 is 10.4 Å². The lowest BCUT2D eigenvalue weighted by molar-refractivity contribution is 0.279. The van der Waals surface area contributed by atoms with E-state index in [0.29, 0.717) is 17.9 Å². The van der Waals surface area contributed by atoms with Crippen molar-refractivity contribution in [3.63, 3.8) is 0 Å². The van der Waals surface area contributed by atoms with Crippen LogP contribution < -0.4 is 5.32 Å². The summed E-state index contributed by atoms with van der Waals surface area (Å²) in [7, 11) is 0. The summed E-state index contributed by atoms with van der Waals surface area (Å²) in [6.07, 6.45) is 10.8. The molecule has 0 spiro atoms. The predicted octanol–water partition coefficient (Wildman–Crippen LogP) is 6.43. The quantitative estimate of drug-likeness (QED) is 0.530. The molecule has 2 unspecified atom stereocenters. The summed E-state index contributed by atoms with van der Waals surface area (Å²) in [4.78, 5) is 4.63. The number of allylic oxidation sites excluding steroid dienone is 1. The zero-order valence-corrected chi connectivity index (χ0v) is 19.3. The van der Waals surface area contributed by atoms with Gasteiger partial charge in [-0.25, -0.2) is 0 Å².